The fourth-order valence-electron chi connectivity index (χ4n) is 2.50. The molecule has 0 radical (unpaired) electrons. The Hall–Kier alpha value is -2.93. The summed E-state index contributed by atoms with van der Waals surface area (Å²) in [5.41, 5.74) is 2.86. The highest BCUT2D eigenvalue weighted by atomic mass is 32.1. The van der Waals surface area contributed by atoms with Gasteiger partial charge in [-0.25, -0.2) is 4.98 Å². The molecule has 7 heteroatoms. The van der Waals surface area contributed by atoms with E-state index in [4.69, 9.17) is 4.74 Å². The number of rotatable bonds is 4. The molecule has 0 bridgehead atoms. The largest absolute Gasteiger partial charge is 0.496 e. The zero-order valence-electron chi connectivity index (χ0n) is 14.0. The predicted octanol–water partition coefficient (Wildman–Crippen LogP) is 3.82. The molecule has 0 fully saturated rings. The molecule has 1 heterocycles. The van der Waals surface area contributed by atoms with Gasteiger partial charge < -0.3 is 15.4 Å². The number of ether oxygens (including phenoxy) is 1. The number of methoxy groups -OCH3 is 1. The van der Waals surface area contributed by atoms with Gasteiger partial charge in [0.25, 0.3) is 5.91 Å². The summed E-state index contributed by atoms with van der Waals surface area (Å²) in [6.45, 7) is 3.36. The number of anilines is 2. The number of thiazole rings is 1. The van der Waals surface area contributed by atoms with E-state index in [-0.39, 0.29) is 11.8 Å². The van der Waals surface area contributed by atoms with Gasteiger partial charge in [-0.2, -0.15) is 0 Å². The number of nitrogens with zero attached hydrogens (tertiary/aromatic N) is 1. The van der Waals surface area contributed by atoms with Crippen molar-refractivity contribution in [2.75, 3.05) is 17.7 Å². The molecule has 2 N–H and O–H groups in total. The number of amides is 2. The summed E-state index contributed by atoms with van der Waals surface area (Å²) in [5, 5.41) is 6.12. The fraction of sp³-hybridized carbons (Fsp3) is 0.167. The van der Waals surface area contributed by atoms with Crippen molar-refractivity contribution in [3.05, 3.63) is 47.5 Å². The molecule has 0 saturated heterocycles. The van der Waals surface area contributed by atoms with E-state index in [1.54, 1.807) is 18.2 Å². The van der Waals surface area contributed by atoms with Crippen LogP contribution in [0.25, 0.3) is 10.2 Å². The Balaban J connectivity index is 1.91. The van der Waals surface area contributed by atoms with Crippen LogP contribution < -0.4 is 15.4 Å². The minimum Gasteiger partial charge on any atom is -0.496 e. The van der Waals surface area contributed by atoms with E-state index >= 15 is 0 Å². The van der Waals surface area contributed by atoms with Crippen molar-refractivity contribution in [2.24, 2.45) is 0 Å². The first kappa shape index (κ1) is 16.9. The second-order valence-corrected chi connectivity index (χ2v) is 6.53. The molecule has 0 aliphatic carbocycles. The molecular weight excluding hydrogens is 338 g/mol. The number of aryl methyl sites for hydroxylation is 1. The number of benzene rings is 2. The highest BCUT2D eigenvalue weighted by Crippen LogP contribution is 2.31. The van der Waals surface area contributed by atoms with E-state index in [1.165, 1.54) is 25.4 Å². The summed E-state index contributed by atoms with van der Waals surface area (Å²) in [7, 11) is 1.53. The predicted molar refractivity (Wildman–Crippen MR) is 99.6 cm³/mol. The van der Waals surface area contributed by atoms with Crippen LogP contribution in [0, 0.1) is 6.92 Å². The molecule has 3 rings (SSSR count). The summed E-state index contributed by atoms with van der Waals surface area (Å²) < 4.78 is 6.12. The quantitative estimate of drug-likeness (QED) is 0.745. The lowest BCUT2D eigenvalue weighted by atomic mass is 10.1. The van der Waals surface area contributed by atoms with Gasteiger partial charge in [-0.3, -0.25) is 9.59 Å². The highest BCUT2D eigenvalue weighted by molar-refractivity contribution is 7.22. The Kier molecular flexibility index (Phi) is 4.67. The van der Waals surface area contributed by atoms with E-state index in [9.17, 15) is 9.59 Å². The average molecular weight is 355 g/mol. The van der Waals surface area contributed by atoms with Crippen LogP contribution in [0.2, 0.25) is 0 Å². The minimum absolute atomic E-state index is 0.165. The molecule has 6 nitrogen and oxygen atoms in total. The zero-order valence-corrected chi connectivity index (χ0v) is 14.9. The van der Waals surface area contributed by atoms with Gasteiger partial charge >= 0.3 is 0 Å². The van der Waals surface area contributed by atoms with Crippen molar-refractivity contribution in [1.82, 2.24) is 4.98 Å². The third kappa shape index (κ3) is 3.61. The molecule has 0 aliphatic rings. The van der Waals surface area contributed by atoms with Crippen LogP contribution in [-0.4, -0.2) is 23.9 Å². The van der Waals surface area contributed by atoms with Gasteiger partial charge in [0.1, 0.15) is 5.75 Å². The number of carbonyl (C=O) groups is 2. The molecule has 3 aromatic rings. The van der Waals surface area contributed by atoms with Crippen LogP contribution in [0.4, 0.5) is 10.8 Å². The van der Waals surface area contributed by atoms with Crippen LogP contribution in [0.5, 0.6) is 5.75 Å². The van der Waals surface area contributed by atoms with E-state index in [0.717, 1.165) is 15.8 Å². The summed E-state index contributed by atoms with van der Waals surface area (Å²) in [6.07, 6.45) is 0. The maximum absolute atomic E-state index is 12.5. The van der Waals surface area contributed by atoms with Gasteiger partial charge in [0.2, 0.25) is 5.91 Å². The number of hydrogen-bond acceptors (Lipinski definition) is 5. The Labute approximate surface area is 148 Å². The molecule has 2 aromatic carbocycles. The Morgan fingerprint density at radius 3 is 2.64 bits per heavy atom. The number of hydrogen-bond donors (Lipinski definition) is 2. The molecular formula is C18H17N3O3S. The van der Waals surface area contributed by atoms with Gasteiger partial charge in [0.15, 0.2) is 5.13 Å². The van der Waals surface area contributed by atoms with Crippen LogP contribution in [-0.2, 0) is 4.79 Å². The number of aromatic nitrogens is 1. The lowest BCUT2D eigenvalue weighted by Gasteiger charge is -2.09. The van der Waals surface area contributed by atoms with Gasteiger partial charge in [0, 0.05) is 12.6 Å². The summed E-state index contributed by atoms with van der Waals surface area (Å²) >= 11 is 1.37. The van der Waals surface area contributed by atoms with Gasteiger partial charge in [-0.05, 0) is 36.8 Å². The third-order valence-electron chi connectivity index (χ3n) is 3.58. The van der Waals surface area contributed by atoms with Crippen LogP contribution >= 0.6 is 11.3 Å². The van der Waals surface area contributed by atoms with Crippen molar-refractivity contribution in [2.45, 2.75) is 13.8 Å². The molecule has 0 unspecified atom stereocenters. The first-order valence-electron chi connectivity index (χ1n) is 7.61. The molecule has 0 spiro atoms. The first-order valence-corrected chi connectivity index (χ1v) is 8.42. The number of fused-ring (bicyclic) bond motifs is 1. The summed E-state index contributed by atoms with van der Waals surface area (Å²) in [6, 6.07) is 10.8. The van der Waals surface area contributed by atoms with Crippen molar-refractivity contribution < 1.29 is 14.3 Å². The summed E-state index contributed by atoms with van der Waals surface area (Å²) in [4.78, 5) is 28.1. The van der Waals surface area contributed by atoms with E-state index in [0.29, 0.717) is 22.1 Å². The number of nitrogens with one attached hydrogen (secondary N) is 2. The molecule has 1 aromatic heterocycles. The van der Waals surface area contributed by atoms with Crippen molar-refractivity contribution in [1.29, 1.82) is 0 Å². The standard InChI is InChI=1S/C18H17N3O3S/c1-10-8-12(9-15-16(10)21-18(25-15)19-11(2)22)20-17(23)13-6-4-5-7-14(13)24-3/h4-9H,1-3H3,(H,20,23)(H,19,21,22). The van der Waals surface area contributed by atoms with Crippen LogP contribution in [0.1, 0.15) is 22.8 Å². The topological polar surface area (TPSA) is 80.3 Å². The smallest absolute Gasteiger partial charge is 0.259 e. The maximum Gasteiger partial charge on any atom is 0.259 e. The Morgan fingerprint density at radius 1 is 1.16 bits per heavy atom. The lowest BCUT2D eigenvalue weighted by molar-refractivity contribution is -0.114. The SMILES string of the molecule is COc1ccccc1C(=O)Nc1cc(C)c2nc(NC(C)=O)sc2c1. The normalized spacial score (nSPS) is 10.5. The highest BCUT2D eigenvalue weighted by Gasteiger charge is 2.14. The zero-order chi connectivity index (χ0) is 18.0. The lowest BCUT2D eigenvalue weighted by Crippen LogP contribution is -2.13. The van der Waals surface area contributed by atoms with Crippen LogP contribution in [0.15, 0.2) is 36.4 Å². The average Bonchev–Trinajstić information content (AvgIpc) is 2.96. The molecule has 0 atom stereocenters. The molecule has 0 saturated carbocycles. The molecule has 2 amide bonds. The second-order valence-electron chi connectivity index (χ2n) is 5.49. The van der Waals surface area contributed by atoms with Crippen molar-refractivity contribution >= 4 is 44.2 Å². The summed E-state index contributed by atoms with van der Waals surface area (Å²) in [5.74, 6) is 0.104. The first-order chi connectivity index (χ1) is 12.0. The number of para-hydroxylation sites is 1. The monoisotopic (exact) mass is 355 g/mol. The molecule has 0 aliphatic heterocycles. The van der Waals surface area contributed by atoms with E-state index in [1.807, 2.05) is 25.1 Å². The van der Waals surface area contributed by atoms with Crippen molar-refractivity contribution in [3.8, 4) is 5.75 Å². The fourth-order valence-corrected chi connectivity index (χ4v) is 3.53. The molecule has 128 valence electrons. The maximum atomic E-state index is 12.5. The Morgan fingerprint density at radius 2 is 1.92 bits per heavy atom. The van der Waals surface area contributed by atoms with E-state index in [2.05, 4.69) is 15.6 Å². The van der Waals surface area contributed by atoms with Crippen molar-refractivity contribution in [3.63, 3.8) is 0 Å². The second kappa shape index (κ2) is 6.90. The van der Waals surface area contributed by atoms with Gasteiger partial charge in [0.05, 0.1) is 22.9 Å². The van der Waals surface area contributed by atoms with Gasteiger partial charge in [-0.1, -0.05) is 23.5 Å². The number of carbonyl (C=O) groups excluding carboxylic acids is 2. The molecule has 25 heavy (non-hydrogen) atoms. The van der Waals surface area contributed by atoms with Gasteiger partial charge in [-0.15, -0.1) is 0 Å². The third-order valence-corrected chi connectivity index (χ3v) is 4.50. The Bertz CT molecular complexity index is 965. The minimum atomic E-state index is -0.247. The van der Waals surface area contributed by atoms with Crippen LogP contribution in [0.3, 0.4) is 0 Å². The van der Waals surface area contributed by atoms with E-state index < -0.39 is 0 Å².